The first-order chi connectivity index (χ1) is 11.1. The summed E-state index contributed by atoms with van der Waals surface area (Å²) >= 11 is 0. The summed E-state index contributed by atoms with van der Waals surface area (Å²) in [6.07, 6.45) is 0.983. The van der Waals surface area contributed by atoms with E-state index in [2.05, 4.69) is 9.97 Å². The Kier molecular flexibility index (Phi) is 4.31. The summed E-state index contributed by atoms with van der Waals surface area (Å²) in [5.74, 6) is 1.24. The van der Waals surface area contributed by atoms with Gasteiger partial charge in [0, 0.05) is 17.4 Å². The highest BCUT2D eigenvalue weighted by molar-refractivity contribution is 6.03. The highest BCUT2D eigenvalue weighted by atomic mass is 16.5. The third kappa shape index (κ3) is 3.06. The number of aromatic nitrogens is 3. The Bertz CT molecular complexity index is 829. The van der Waals surface area contributed by atoms with Crippen LogP contribution < -0.4 is 9.47 Å². The van der Waals surface area contributed by atoms with Gasteiger partial charge in [0.1, 0.15) is 41.2 Å². The van der Waals surface area contributed by atoms with E-state index >= 15 is 0 Å². The minimum Gasteiger partial charge on any atom is -0.490 e. The molecule has 122 valence electrons. The molecule has 0 aliphatic carbocycles. The van der Waals surface area contributed by atoms with Crippen molar-refractivity contribution in [3.63, 3.8) is 0 Å². The van der Waals surface area contributed by atoms with Crippen LogP contribution in [0.25, 0.3) is 21.9 Å². The van der Waals surface area contributed by atoms with Crippen molar-refractivity contribution >= 4 is 21.9 Å². The van der Waals surface area contributed by atoms with Gasteiger partial charge < -0.3 is 19.6 Å². The van der Waals surface area contributed by atoms with Gasteiger partial charge in [0.25, 0.3) is 5.52 Å². The second-order valence-electron chi connectivity index (χ2n) is 5.37. The molecule has 3 aromatic rings. The van der Waals surface area contributed by atoms with Crippen LogP contribution >= 0.6 is 0 Å². The van der Waals surface area contributed by atoms with Gasteiger partial charge in [0.15, 0.2) is 0 Å². The van der Waals surface area contributed by atoms with Crippen LogP contribution in [-0.4, -0.2) is 39.6 Å². The number of hydrogen-bond acceptors (Lipinski definition) is 5. The number of imidazole rings is 1. The normalized spacial score (nSPS) is 12.8. The Balaban J connectivity index is 2.16. The molecule has 1 aromatic carbocycles. The Labute approximate surface area is 133 Å². The molecule has 2 heterocycles. The Morgan fingerprint density at radius 3 is 2.96 bits per heavy atom. The topological polar surface area (TPSA) is 91.5 Å². The zero-order valence-electron chi connectivity index (χ0n) is 13.1. The average Bonchev–Trinajstić information content (AvgIpc) is 2.93. The molecule has 7 nitrogen and oxygen atoms in total. The maximum atomic E-state index is 10.2. The van der Waals surface area contributed by atoms with Gasteiger partial charge in [-0.3, -0.25) is 5.21 Å². The van der Waals surface area contributed by atoms with Gasteiger partial charge in [-0.25, -0.2) is 4.98 Å². The van der Waals surface area contributed by atoms with Crippen molar-refractivity contribution in [1.82, 2.24) is 9.97 Å². The second kappa shape index (κ2) is 6.39. The first kappa shape index (κ1) is 15.5. The van der Waals surface area contributed by atoms with Gasteiger partial charge in [0.05, 0.1) is 6.10 Å². The molecular weight excluding hydrogens is 298 g/mol. The Morgan fingerprint density at radius 2 is 2.22 bits per heavy atom. The van der Waals surface area contributed by atoms with Gasteiger partial charge in [0.2, 0.25) is 6.20 Å². The van der Waals surface area contributed by atoms with Crippen LogP contribution in [0.15, 0.2) is 24.4 Å². The number of aromatic amines is 1. The molecule has 0 radical (unpaired) electrons. The van der Waals surface area contributed by atoms with Gasteiger partial charge in [-0.2, -0.15) is 0 Å². The largest absolute Gasteiger partial charge is 0.490 e. The van der Waals surface area contributed by atoms with E-state index in [1.54, 1.807) is 31.3 Å². The summed E-state index contributed by atoms with van der Waals surface area (Å²) in [4.78, 5) is 7.69. The number of benzene rings is 1. The maximum absolute atomic E-state index is 10.2. The zero-order valence-corrected chi connectivity index (χ0v) is 13.1. The molecule has 1 atom stereocenters. The number of pyridine rings is 1. The molecule has 3 N–H and O–H groups in total. The van der Waals surface area contributed by atoms with Gasteiger partial charge >= 0.3 is 0 Å². The highest BCUT2D eigenvalue weighted by Crippen LogP contribution is 2.29. The number of ether oxygens (including phenoxy) is 2. The van der Waals surface area contributed by atoms with Gasteiger partial charge in [-0.15, -0.1) is 0 Å². The molecule has 2 aromatic heterocycles. The number of aliphatic hydroxyl groups excluding tert-OH is 1. The lowest BCUT2D eigenvalue weighted by Gasteiger charge is -2.09. The minimum absolute atomic E-state index is 0.164. The van der Waals surface area contributed by atoms with Crippen LogP contribution in [0.5, 0.6) is 5.75 Å². The number of aliphatic hydroxyl groups is 1. The fourth-order valence-electron chi connectivity index (χ4n) is 2.46. The van der Waals surface area contributed by atoms with Gasteiger partial charge in [-0.1, -0.05) is 6.07 Å². The van der Waals surface area contributed by atoms with Crippen molar-refractivity contribution in [2.24, 2.45) is 0 Å². The van der Waals surface area contributed by atoms with Crippen molar-refractivity contribution < 1.29 is 24.5 Å². The minimum atomic E-state index is -0.585. The van der Waals surface area contributed by atoms with E-state index < -0.39 is 6.10 Å². The fourth-order valence-corrected chi connectivity index (χ4v) is 2.46. The van der Waals surface area contributed by atoms with Crippen molar-refractivity contribution in [2.45, 2.75) is 26.6 Å². The summed E-state index contributed by atoms with van der Waals surface area (Å²) in [7, 11) is 0. The van der Waals surface area contributed by atoms with E-state index in [4.69, 9.17) is 9.47 Å². The summed E-state index contributed by atoms with van der Waals surface area (Å²) in [5.41, 5.74) is 1.96. The van der Waals surface area contributed by atoms with E-state index in [0.717, 1.165) is 4.73 Å². The molecule has 0 bridgehead atoms. The van der Waals surface area contributed by atoms with Crippen LogP contribution in [0.3, 0.4) is 0 Å². The SMILES string of the molecule is CCOCc1nc2c(c[n+](O)c3cccc(OCC(C)O)c23)[nH]1. The first-order valence-corrected chi connectivity index (χ1v) is 7.54. The standard InChI is InChI=1S/C16H19N3O4/c1-3-22-9-14-17-11-7-19(21)12-5-4-6-13(23-8-10(2)20)15(12)16(11)18-14/h4-7,10,20-21H,3,8-9H2,1-2H3/p+1. The predicted molar refractivity (Wildman–Crippen MR) is 83.5 cm³/mol. The molecular formula is C16H20N3O4+. The Hall–Kier alpha value is -2.38. The number of hydrogen-bond donors (Lipinski definition) is 3. The number of rotatable bonds is 6. The van der Waals surface area contributed by atoms with Crippen LogP contribution in [0.4, 0.5) is 0 Å². The van der Waals surface area contributed by atoms with E-state index in [-0.39, 0.29) is 6.61 Å². The second-order valence-corrected chi connectivity index (χ2v) is 5.37. The van der Waals surface area contributed by atoms with E-state index in [0.29, 0.717) is 46.7 Å². The average molecular weight is 318 g/mol. The molecule has 0 spiro atoms. The quantitative estimate of drug-likeness (QED) is 0.474. The summed E-state index contributed by atoms with van der Waals surface area (Å²) < 4.78 is 12.1. The van der Waals surface area contributed by atoms with Gasteiger partial charge in [-0.05, 0) is 19.9 Å². The molecule has 3 rings (SSSR count). The van der Waals surface area contributed by atoms with Crippen LogP contribution in [-0.2, 0) is 11.3 Å². The van der Waals surface area contributed by atoms with Crippen molar-refractivity contribution in [1.29, 1.82) is 0 Å². The molecule has 1 unspecified atom stereocenters. The molecule has 7 heteroatoms. The lowest BCUT2D eigenvalue weighted by molar-refractivity contribution is -0.883. The first-order valence-electron chi connectivity index (χ1n) is 7.54. The molecule has 23 heavy (non-hydrogen) atoms. The zero-order chi connectivity index (χ0) is 16.4. The molecule has 0 saturated carbocycles. The number of fused-ring (bicyclic) bond motifs is 3. The smallest absolute Gasteiger partial charge is 0.270 e. The molecule has 0 aliphatic rings. The molecule has 0 amide bonds. The summed E-state index contributed by atoms with van der Waals surface area (Å²) in [6, 6.07) is 5.36. The van der Waals surface area contributed by atoms with Crippen molar-refractivity contribution in [3.05, 3.63) is 30.2 Å². The molecule has 0 aliphatic heterocycles. The summed E-state index contributed by atoms with van der Waals surface area (Å²) in [6.45, 7) is 4.70. The fraction of sp³-hybridized carbons (Fsp3) is 0.375. The highest BCUT2D eigenvalue weighted by Gasteiger charge is 2.20. The number of nitrogens with one attached hydrogen (secondary N) is 1. The van der Waals surface area contributed by atoms with E-state index in [1.807, 2.05) is 6.92 Å². The summed E-state index contributed by atoms with van der Waals surface area (Å²) in [5, 5.41) is 20.3. The van der Waals surface area contributed by atoms with Crippen molar-refractivity contribution in [3.8, 4) is 5.75 Å². The third-order valence-electron chi connectivity index (χ3n) is 3.44. The number of H-pyrrole nitrogens is 1. The van der Waals surface area contributed by atoms with E-state index in [1.165, 1.54) is 0 Å². The molecule has 0 fully saturated rings. The predicted octanol–water partition coefficient (Wildman–Crippen LogP) is 1.54. The van der Waals surface area contributed by atoms with Crippen molar-refractivity contribution in [2.75, 3.05) is 13.2 Å². The lowest BCUT2D eigenvalue weighted by atomic mass is 10.1. The van der Waals surface area contributed by atoms with Crippen LogP contribution in [0.2, 0.25) is 0 Å². The van der Waals surface area contributed by atoms with Crippen LogP contribution in [0.1, 0.15) is 19.7 Å². The lowest BCUT2D eigenvalue weighted by Crippen LogP contribution is -2.30. The molecule has 0 saturated heterocycles. The van der Waals surface area contributed by atoms with E-state index in [9.17, 15) is 10.3 Å². The maximum Gasteiger partial charge on any atom is 0.270 e. The third-order valence-corrected chi connectivity index (χ3v) is 3.44. The Morgan fingerprint density at radius 1 is 1.39 bits per heavy atom. The monoisotopic (exact) mass is 318 g/mol. The van der Waals surface area contributed by atoms with Crippen LogP contribution in [0, 0.1) is 0 Å². The number of nitrogens with zero attached hydrogens (tertiary/aromatic N) is 2.